The Kier molecular flexibility index (Phi) is 2.26. The fourth-order valence-electron chi connectivity index (χ4n) is 1.48. The molecule has 1 unspecified atom stereocenters. The van der Waals surface area contributed by atoms with Gasteiger partial charge in [0.1, 0.15) is 0 Å². The molecule has 1 atom stereocenters. The second kappa shape index (κ2) is 3.39. The van der Waals surface area contributed by atoms with Crippen LogP contribution >= 0.6 is 11.8 Å². The number of hydrogen-bond acceptors (Lipinski definition) is 3. The van der Waals surface area contributed by atoms with Gasteiger partial charge in [0, 0.05) is 11.4 Å². The molecule has 66 valence electrons. The van der Waals surface area contributed by atoms with Crippen molar-refractivity contribution in [2.45, 2.75) is 24.6 Å². The summed E-state index contributed by atoms with van der Waals surface area (Å²) in [4.78, 5) is 0. The third-order valence-corrected chi connectivity index (χ3v) is 3.45. The quantitative estimate of drug-likeness (QED) is 0.753. The second-order valence-corrected chi connectivity index (χ2v) is 4.54. The largest absolute Gasteiger partial charge is 0.396 e. The van der Waals surface area contributed by atoms with Crippen molar-refractivity contribution in [1.82, 2.24) is 9.78 Å². The summed E-state index contributed by atoms with van der Waals surface area (Å²) in [5.41, 5.74) is 6.32. The Bertz CT molecular complexity index is 253. The average Bonchev–Trinajstić information content (AvgIpc) is 2.63. The van der Waals surface area contributed by atoms with Crippen molar-refractivity contribution < 1.29 is 0 Å². The lowest BCUT2D eigenvalue weighted by atomic mass is 10.2. The minimum absolute atomic E-state index is 0.754. The molecule has 1 aromatic heterocycles. The topological polar surface area (TPSA) is 43.8 Å². The number of nitrogens with zero attached hydrogens (tertiary/aromatic N) is 2. The summed E-state index contributed by atoms with van der Waals surface area (Å²) in [7, 11) is 0. The Morgan fingerprint density at radius 3 is 3.25 bits per heavy atom. The summed E-state index contributed by atoms with van der Waals surface area (Å²) in [6, 6.07) is 0. The highest BCUT2D eigenvalue weighted by Crippen LogP contribution is 2.27. The normalized spacial score (nSPS) is 23.2. The molecule has 4 heteroatoms. The van der Waals surface area contributed by atoms with E-state index in [2.05, 4.69) is 5.10 Å². The highest BCUT2D eigenvalue weighted by molar-refractivity contribution is 8.00. The highest BCUT2D eigenvalue weighted by Gasteiger charge is 2.15. The molecular formula is C8H13N3S. The molecule has 0 amide bonds. The molecular weight excluding hydrogens is 170 g/mol. The van der Waals surface area contributed by atoms with Crippen LogP contribution in [0.15, 0.2) is 12.4 Å². The first-order chi connectivity index (χ1) is 5.84. The third-order valence-electron chi connectivity index (χ3n) is 2.07. The van der Waals surface area contributed by atoms with Gasteiger partial charge in [-0.3, -0.25) is 4.68 Å². The molecule has 2 N–H and O–H groups in total. The molecule has 1 saturated heterocycles. The Morgan fingerprint density at radius 2 is 2.67 bits per heavy atom. The van der Waals surface area contributed by atoms with Crippen LogP contribution in [0.5, 0.6) is 0 Å². The molecule has 2 rings (SSSR count). The smallest absolute Gasteiger partial charge is 0.0719 e. The monoisotopic (exact) mass is 183 g/mol. The molecule has 12 heavy (non-hydrogen) atoms. The minimum Gasteiger partial charge on any atom is -0.396 e. The lowest BCUT2D eigenvalue weighted by molar-refractivity contribution is 0.580. The first-order valence-corrected chi connectivity index (χ1v) is 5.29. The predicted octanol–water partition coefficient (Wildman–Crippen LogP) is 1.36. The second-order valence-electron chi connectivity index (χ2n) is 3.13. The fourth-order valence-corrected chi connectivity index (χ4v) is 2.73. The zero-order valence-corrected chi connectivity index (χ0v) is 7.76. The molecule has 1 aromatic rings. The van der Waals surface area contributed by atoms with Crippen LogP contribution in [0.2, 0.25) is 0 Å². The van der Waals surface area contributed by atoms with E-state index in [9.17, 15) is 0 Å². The van der Waals surface area contributed by atoms with Crippen LogP contribution in [0.3, 0.4) is 0 Å². The summed E-state index contributed by atoms with van der Waals surface area (Å²) < 4.78 is 1.94. The van der Waals surface area contributed by atoms with E-state index < -0.39 is 0 Å². The first kappa shape index (κ1) is 7.98. The molecule has 0 spiro atoms. The molecule has 0 bridgehead atoms. The van der Waals surface area contributed by atoms with E-state index in [4.69, 9.17) is 5.73 Å². The van der Waals surface area contributed by atoms with Gasteiger partial charge in [-0.25, -0.2) is 0 Å². The standard InChI is InChI=1S/C8H13N3S/c9-7-4-10-11(5-7)6-8-2-1-3-12-8/h4-5,8H,1-3,6,9H2. The zero-order chi connectivity index (χ0) is 8.39. The Hall–Kier alpha value is -0.640. The molecule has 0 aromatic carbocycles. The van der Waals surface area contributed by atoms with E-state index in [-0.39, 0.29) is 0 Å². The first-order valence-electron chi connectivity index (χ1n) is 4.24. The van der Waals surface area contributed by atoms with Gasteiger partial charge < -0.3 is 5.73 Å². The van der Waals surface area contributed by atoms with E-state index in [1.54, 1.807) is 6.20 Å². The number of anilines is 1. The number of aromatic nitrogens is 2. The van der Waals surface area contributed by atoms with Gasteiger partial charge in [0.05, 0.1) is 18.4 Å². The van der Waals surface area contributed by atoms with Crippen molar-refractivity contribution in [2.75, 3.05) is 11.5 Å². The third kappa shape index (κ3) is 1.75. The van der Waals surface area contributed by atoms with Crippen molar-refractivity contribution in [1.29, 1.82) is 0 Å². The maximum Gasteiger partial charge on any atom is 0.0719 e. The SMILES string of the molecule is Nc1cnn(CC2CCCS2)c1. The van der Waals surface area contributed by atoms with E-state index in [1.807, 2.05) is 22.6 Å². The summed E-state index contributed by atoms with van der Waals surface area (Å²) >= 11 is 2.04. The summed E-state index contributed by atoms with van der Waals surface area (Å²) in [6.07, 6.45) is 6.29. The number of rotatable bonds is 2. The number of hydrogen-bond donors (Lipinski definition) is 1. The van der Waals surface area contributed by atoms with Gasteiger partial charge in [-0.2, -0.15) is 16.9 Å². The van der Waals surface area contributed by atoms with Gasteiger partial charge in [0.2, 0.25) is 0 Å². The number of nitrogen functional groups attached to an aromatic ring is 1. The average molecular weight is 183 g/mol. The van der Waals surface area contributed by atoms with E-state index in [1.165, 1.54) is 18.6 Å². The van der Waals surface area contributed by atoms with Gasteiger partial charge in [-0.15, -0.1) is 0 Å². The molecule has 0 saturated carbocycles. The minimum atomic E-state index is 0.754. The molecule has 3 nitrogen and oxygen atoms in total. The Morgan fingerprint density at radius 1 is 1.75 bits per heavy atom. The van der Waals surface area contributed by atoms with Gasteiger partial charge in [-0.05, 0) is 18.6 Å². The van der Waals surface area contributed by atoms with Gasteiger partial charge in [0.25, 0.3) is 0 Å². The van der Waals surface area contributed by atoms with Crippen LogP contribution < -0.4 is 5.73 Å². The van der Waals surface area contributed by atoms with E-state index >= 15 is 0 Å². The highest BCUT2D eigenvalue weighted by atomic mass is 32.2. The van der Waals surface area contributed by atoms with Crippen LogP contribution in [0.4, 0.5) is 5.69 Å². The van der Waals surface area contributed by atoms with Crippen molar-refractivity contribution >= 4 is 17.4 Å². The van der Waals surface area contributed by atoms with Crippen molar-refractivity contribution in [3.63, 3.8) is 0 Å². The van der Waals surface area contributed by atoms with E-state index in [0.717, 1.165) is 17.5 Å². The molecule has 1 fully saturated rings. The fraction of sp³-hybridized carbons (Fsp3) is 0.625. The van der Waals surface area contributed by atoms with Gasteiger partial charge in [0.15, 0.2) is 0 Å². The molecule has 0 radical (unpaired) electrons. The van der Waals surface area contributed by atoms with Crippen molar-refractivity contribution in [2.24, 2.45) is 0 Å². The Balaban J connectivity index is 1.94. The van der Waals surface area contributed by atoms with Crippen molar-refractivity contribution in [3.05, 3.63) is 12.4 Å². The Labute approximate surface area is 76.3 Å². The molecule has 2 heterocycles. The summed E-state index contributed by atoms with van der Waals surface area (Å²) in [6.45, 7) is 1.02. The van der Waals surface area contributed by atoms with Crippen molar-refractivity contribution in [3.8, 4) is 0 Å². The van der Waals surface area contributed by atoms with Crippen LogP contribution in [0, 0.1) is 0 Å². The van der Waals surface area contributed by atoms with Gasteiger partial charge >= 0.3 is 0 Å². The molecule has 0 aliphatic carbocycles. The van der Waals surface area contributed by atoms with Crippen LogP contribution in [0.25, 0.3) is 0 Å². The van der Waals surface area contributed by atoms with Crippen LogP contribution in [-0.2, 0) is 6.54 Å². The number of nitrogens with two attached hydrogens (primary N) is 1. The predicted molar refractivity (Wildman–Crippen MR) is 52.1 cm³/mol. The number of thioether (sulfide) groups is 1. The maximum absolute atomic E-state index is 5.56. The van der Waals surface area contributed by atoms with Gasteiger partial charge in [-0.1, -0.05) is 0 Å². The zero-order valence-electron chi connectivity index (χ0n) is 6.94. The molecule has 1 aliphatic heterocycles. The lowest BCUT2D eigenvalue weighted by Crippen LogP contribution is -2.09. The van der Waals surface area contributed by atoms with Crippen LogP contribution in [0.1, 0.15) is 12.8 Å². The summed E-state index contributed by atoms with van der Waals surface area (Å²) in [5.74, 6) is 1.31. The maximum atomic E-state index is 5.56. The summed E-state index contributed by atoms with van der Waals surface area (Å²) in [5, 5.41) is 4.91. The molecule has 1 aliphatic rings. The lowest BCUT2D eigenvalue weighted by Gasteiger charge is -2.07. The van der Waals surface area contributed by atoms with Crippen LogP contribution in [-0.4, -0.2) is 20.8 Å². The van der Waals surface area contributed by atoms with E-state index in [0.29, 0.717) is 0 Å².